The van der Waals surface area contributed by atoms with E-state index in [9.17, 15) is 0 Å². The number of likely N-dealkylation sites (tertiary alicyclic amines) is 1. The van der Waals surface area contributed by atoms with Gasteiger partial charge in [-0.1, -0.05) is 29.8 Å². The van der Waals surface area contributed by atoms with Gasteiger partial charge in [0.25, 0.3) is 0 Å². The van der Waals surface area contributed by atoms with Crippen LogP contribution in [0.15, 0.2) is 41.7 Å². The van der Waals surface area contributed by atoms with Gasteiger partial charge in [-0.15, -0.1) is 0 Å². The lowest BCUT2D eigenvalue weighted by Gasteiger charge is -2.21. The Hall–Kier alpha value is -2.30. The monoisotopic (exact) mass is 339 g/mol. The van der Waals surface area contributed by atoms with Crippen LogP contribution in [0.25, 0.3) is 0 Å². The summed E-state index contributed by atoms with van der Waals surface area (Å²) < 4.78 is 1.89. The molecule has 1 N–H and O–H groups in total. The van der Waals surface area contributed by atoms with E-state index in [0.717, 1.165) is 45.0 Å². The number of hydrogen-bond acceptors (Lipinski definition) is 2. The summed E-state index contributed by atoms with van der Waals surface area (Å²) in [6.07, 6.45) is 6.27. The molecule has 0 aliphatic carbocycles. The van der Waals surface area contributed by atoms with Gasteiger partial charge in [-0.2, -0.15) is 5.10 Å². The number of nitrogens with one attached hydrogen (secondary N) is 1. The third-order valence-corrected chi connectivity index (χ3v) is 4.80. The number of aromatic nitrogens is 2. The first kappa shape index (κ1) is 17.5. The SMILES string of the molecule is CCNC(=NCCc1ccc(C)cc1)N1CCC(c2cnn(C)c2)C1. The van der Waals surface area contributed by atoms with Crippen molar-refractivity contribution in [3.63, 3.8) is 0 Å². The molecule has 5 heteroatoms. The lowest BCUT2D eigenvalue weighted by Crippen LogP contribution is -2.40. The topological polar surface area (TPSA) is 45.5 Å². The Kier molecular flexibility index (Phi) is 5.74. The molecule has 1 unspecified atom stereocenters. The number of rotatable bonds is 5. The van der Waals surface area contributed by atoms with Crippen molar-refractivity contribution in [3.8, 4) is 0 Å². The van der Waals surface area contributed by atoms with E-state index >= 15 is 0 Å². The maximum Gasteiger partial charge on any atom is 0.193 e. The quantitative estimate of drug-likeness (QED) is 0.673. The number of benzene rings is 1. The molecule has 0 saturated carbocycles. The zero-order valence-corrected chi connectivity index (χ0v) is 15.6. The highest BCUT2D eigenvalue weighted by molar-refractivity contribution is 5.80. The Morgan fingerprint density at radius 1 is 1.32 bits per heavy atom. The molecule has 1 aromatic carbocycles. The summed E-state index contributed by atoms with van der Waals surface area (Å²) in [5, 5.41) is 7.76. The van der Waals surface area contributed by atoms with Crippen LogP contribution in [-0.4, -0.2) is 46.8 Å². The summed E-state index contributed by atoms with van der Waals surface area (Å²) in [7, 11) is 1.98. The normalized spacial score (nSPS) is 18.0. The summed E-state index contributed by atoms with van der Waals surface area (Å²) >= 11 is 0. The predicted octanol–water partition coefficient (Wildman–Crippen LogP) is 2.73. The Morgan fingerprint density at radius 3 is 2.80 bits per heavy atom. The molecule has 1 aliphatic heterocycles. The van der Waals surface area contributed by atoms with Crippen molar-refractivity contribution >= 4 is 5.96 Å². The van der Waals surface area contributed by atoms with E-state index in [-0.39, 0.29) is 0 Å². The molecular weight excluding hydrogens is 310 g/mol. The van der Waals surface area contributed by atoms with E-state index in [1.54, 1.807) is 0 Å². The highest BCUT2D eigenvalue weighted by atomic mass is 15.3. The second-order valence-electron chi connectivity index (χ2n) is 6.85. The summed E-state index contributed by atoms with van der Waals surface area (Å²) in [6, 6.07) is 8.74. The van der Waals surface area contributed by atoms with Gasteiger partial charge in [0.2, 0.25) is 0 Å². The number of guanidine groups is 1. The van der Waals surface area contributed by atoms with Gasteiger partial charge in [0.05, 0.1) is 6.20 Å². The highest BCUT2D eigenvalue weighted by Crippen LogP contribution is 2.26. The lowest BCUT2D eigenvalue weighted by molar-refractivity contribution is 0.486. The molecule has 1 atom stereocenters. The molecule has 3 rings (SSSR count). The maximum atomic E-state index is 4.86. The minimum Gasteiger partial charge on any atom is -0.357 e. The maximum absolute atomic E-state index is 4.86. The Morgan fingerprint density at radius 2 is 2.12 bits per heavy atom. The van der Waals surface area contributed by atoms with E-state index < -0.39 is 0 Å². The minimum atomic E-state index is 0.551. The number of hydrogen-bond donors (Lipinski definition) is 1. The molecule has 134 valence electrons. The van der Waals surface area contributed by atoms with Crippen LogP contribution in [0.2, 0.25) is 0 Å². The highest BCUT2D eigenvalue weighted by Gasteiger charge is 2.26. The average molecular weight is 339 g/mol. The average Bonchev–Trinajstić information content (AvgIpc) is 3.25. The number of aliphatic imine (C=N–C) groups is 1. The Labute approximate surface area is 150 Å². The number of nitrogens with zero attached hydrogens (tertiary/aromatic N) is 4. The standard InChI is InChI=1S/C20H29N5/c1-4-21-20(22-11-9-17-7-5-16(2)6-8-17)25-12-10-18(15-25)19-13-23-24(3)14-19/h5-8,13-14,18H,4,9-12,15H2,1-3H3,(H,21,22). The number of aryl methyl sites for hydroxylation is 2. The largest absolute Gasteiger partial charge is 0.357 e. The molecule has 1 aromatic heterocycles. The van der Waals surface area contributed by atoms with Gasteiger partial charge in [-0.05, 0) is 37.8 Å². The van der Waals surface area contributed by atoms with E-state index in [2.05, 4.69) is 59.6 Å². The van der Waals surface area contributed by atoms with Gasteiger partial charge in [0, 0.05) is 45.3 Å². The molecule has 2 heterocycles. The Balaban J connectivity index is 1.59. The van der Waals surface area contributed by atoms with Gasteiger partial charge in [0.15, 0.2) is 5.96 Å². The van der Waals surface area contributed by atoms with Crippen molar-refractivity contribution in [2.75, 3.05) is 26.2 Å². The second-order valence-corrected chi connectivity index (χ2v) is 6.85. The zero-order valence-electron chi connectivity index (χ0n) is 15.6. The van der Waals surface area contributed by atoms with Crippen molar-refractivity contribution in [1.29, 1.82) is 0 Å². The van der Waals surface area contributed by atoms with Crippen LogP contribution in [0, 0.1) is 6.92 Å². The zero-order chi connectivity index (χ0) is 17.6. The fourth-order valence-corrected chi connectivity index (χ4v) is 3.35. The molecule has 1 fully saturated rings. The van der Waals surface area contributed by atoms with E-state index in [1.807, 2.05) is 17.9 Å². The molecule has 25 heavy (non-hydrogen) atoms. The van der Waals surface area contributed by atoms with E-state index in [4.69, 9.17) is 4.99 Å². The third kappa shape index (κ3) is 4.62. The van der Waals surface area contributed by atoms with Crippen LogP contribution in [0.1, 0.15) is 36.0 Å². The van der Waals surface area contributed by atoms with E-state index in [1.165, 1.54) is 16.7 Å². The fourth-order valence-electron chi connectivity index (χ4n) is 3.35. The van der Waals surface area contributed by atoms with Crippen molar-refractivity contribution in [2.45, 2.75) is 32.6 Å². The first-order valence-corrected chi connectivity index (χ1v) is 9.23. The third-order valence-electron chi connectivity index (χ3n) is 4.80. The van der Waals surface area contributed by atoms with Crippen LogP contribution in [0.3, 0.4) is 0 Å². The molecular formula is C20H29N5. The summed E-state index contributed by atoms with van der Waals surface area (Å²) in [4.78, 5) is 7.24. The fraction of sp³-hybridized carbons (Fsp3) is 0.500. The van der Waals surface area contributed by atoms with Crippen molar-refractivity contribution in [1.82, 2.24) is 20.0 Å². The Bertz CT molecular complexity index is 701. The summed E-state index contributed by atoms with van der Waals surface area (Å²) in [6.45, 7) is 8.04. The molecule has 2 aromatic rings. The van der Waals surface area contributed by atoms with Gasteiger partial charge >= 0.3 is 0 Å². The molecule has 0 radical (unpaired) electrons. The first-order chi connectivity index (χ1) is 12.2. The van der Waals surface area contributed by atoms with Crippen LogP contribution < -0.4 is 5.32 Å². The minimum absolute atomic E-state index is 0.551. The first-order valence-electron chi connectivity index (χ1n) is 9.23. The lowest BCUT2D eigenvalue weighted by atomic mass is 10.0. The molecule has 0 bridgehead atoms. The predicted molar refractivity (Wildman–Crippen MR) is 103 cm³/mol. The second kappa shape index (κ2) is 8.19. The molecule has 0 amide bonds. The smallest absolute Gasteiger partial charge is 0.193 e. The van der Waals surface area contributed by atoms with Crippen molar-refractivity contribution in [3.05, 3.63) is 53.3 Å². The van der Waals surface area contributed by atoms with Crippen LogP contribution in [-0.2, 0) is 13.5 Å². The molecule has 1 saturated heterocycles. The summed E-state index contributed by atoms with van der Waals surface area (Å²) in [5.74, 6) is 1.59. The van der Waals surface area contributed by atoms with Gasteiger partial charge in [-0.3, -0.25) is 9.67 Å². The van der Waals surface area contributed by atoms with Gasteiger partial charge in [-0.25, -0.2) is 0 Å². The molecule has 1 aliphatic rings. The van der Waals surface area contributed by atoms with E-state index in [0.29, 0.717) is 5.92 Å². The van der Waals surface area contributed by atoms with Crippen LogP contribution in [0.5, 0.6) is 0 Å². The van der Waals surface area contributed by atoms with Crippen LogP contribution in [0.4, 0.5) is 0 Å². The van der Waals surface area contributed by atoms with Gasteiger partial charge < -0.3 is 10.2 Å². The molecule has 5 nitrogen and oxygen atoms in total. The van der Waals surface area contributed by atoms with Crippen molar-refractivity contribution in [2.24, 2.45) is 12.0 Å². The van der Waals surface area contributed by atoms with Gasteiger partial charge in [0.1, 0.15) is 0 Å². The van der Waals surface area contributed by atoms with Crippen LogP contribution >= 0.6 is 0 Å². The summed E-state index contributed by atoms with van der Waals surface area (Å²) in [5.41, 5.74) is 3.99. The van der Waals surface area contributed by atoms with Crippen molar-refractivity contribution < 1.29 is 0 Å². The molecule has 0 spiro atoms.